The van der Waals surface area contributed by atoms with Gasteiger partial charge in [-0.1, -0.05) is 0 Å². The first-order valence-electron chi connectivity index (χ1n) is 6.90. The third-order valence-electron chi connectivity index (χ3n) is 3.05. The number of thioether (sulfide) groups is 1. The van der Waals surface area contributed by atoms with Gasteiger partial charge < -0.3 is 19.6 Å². The molecule has 0 spiro atoms. The monoisotopic (exact) mass is 335 g/mol. The highest BCUT2D eigenvalue weighted by molar-refractivity contribution is 8.00. The molecule has 0 radical (unpaired) electrons. The molecule has 0 bridgehead atoms. The summed E-state index contributed by atoms with van der Waals surface area (Å²) in [6, 6.07) is 10.3. The summed E-state index contributed by atoms with van der Waals surface area (Å²) < 4.78 is 10.2. The lowest BCUT2D eigenvalue weighted by Crippen LogP contribution is -2.30. The average molecular weight is 335 g/mol. The molecule has 122 valence electrons. The number of hydrogen-bond acceptors (Lipinski definition) is 5. The number of furan rings is 1. The highest BCUT2D eigenvalue weighted by Crippen LogP contribution is 2.25. The fourth-order valence-corrected chi connectivity index (χ4v) is 2.71. The number of ether oxygens (including phenoxy) is 1. The quantitative estimate of drug-likeness (QED) is 0.756. The number of rotatable bonds is 7. The Morgan fingerprint density at radius 2 is 1.96 bits per heavy atom. The fourth-order valence-electron chi connectivity index (χ4n) is 1.82. The summed E-state index contributed by atoms with van der Waals surface area (Å²) in [5.74, 6) is -0.268. The van der Waals surface area contributed by atoms with Gasteiger partial charge in [0.05, 0.1) is 18.9 Å². The van der Waals surface area contributed by atoms with Crippen LogP contribution in [0, 0.1) is 0 Å². The van der Waals surface area contributed by atoms with E-state index in [9.17, 15) is 9.59 Å². The van der Waals surface area contributed by atoms with Crippen LogP contribution in [0.1, 0.15) is 23.2 Å². The second kappa shape index (κ2) is 7.73. The molecule has 0 aliphatic carbocycles. The summed E-state index contributed by atoms with van der Waals surface area (Å²) in [4.78, 5) is 23.7. The van der Waals surface area contributed by atoms with Crippen LogP contribution < -0.4 is 10.1 Å². The van der Waals surface area contributed by atoms with Crippen LogP contribution in [-0.4, -0.2) is 29.3 Å². The maximum Gasteiger partial charge on any atom is 0.371 e. The van der Waals surface area contributed by atoms with Crippen molar-refractivity contribution in [2.24, 2.45) is 0 Å². The molecule has 1 aromatic heterocycles. The number of hydrogen-bond donors (Lipinski definition) is 2. The van der Waals surface area contributed by atoms with Crippen molar-refractivity contribution in [3.8, 4) is 5.75 Å². The number of carbonyl (C=O) groups excluding carboxylic acids is 1. The molecule has 1 unspecified atom stereocenters. The second-order valence-electron chi connectivity index (χ2n) is 4.72. The molecule has 0 aliphatic rings. The first-order chi connectivity index (χ1) is 11.0. The Hall–Kier alpha value is -2.41. The van der Waals surface area contributed by atoms with Gasteiger partial charge in [-0.25, -0.2) is 4.79 Å². The van der Waals surface area contributed by atoms with Crippen molar-refractivity contribution in [3.63, 3.8) is 0 Å². The van der Waals surface area contributed by atoms with Gasteiger partial charge in [-0.15, -0.1) is 11.8 Å². The molecule has 1 atom stereocenters. The summed E-state index contributed by atoms with van der Waals surface area (Å²) in [7, 11) is 1.60. The minimum atomic E-state index is -1.13. The SMILES string of the molecule is COc1ccc(SC(C)C(=O)NCc2ccc(C(=O)O)o2)cc1. The van der Waals surface area contributed by atoms with Crippen molar-refractivity contribution < 1.29 is 23.8 Å². The Morgan fingerprint density at radius 3 is 2.52 bits per heavy atom. The van der Waals surface area contributed by atoms with Crippen LogP contribution in [0.5, 0.6) is 5.75 Å². The lowest BCUT2D eigenvalue weighted by molar-refractivity contribution is -0.120. The largest absolute Gasteiger partial charge is 0.497 e. The molecular formula is C16H17NO5S. The van der Waals surface area contributed by atoms with E-state index < -0.39 is 5.97 Å². The van der Waals surface area contributed by atoms with Gasteiger partial charge in [-0.05, 0) is 43.3 Å². The zero-order chi connectivity index (χ0) is 16.8. The number of benzene rings is 1. The summed E-state index contributed by atoms with van der Waals surface area (Å²) in [6.07, 6.45) is 0. The summed E-state index contributed by atoms with van der Waals surface area (Å²) in [5, 5.41) is 11.2. The van der Waals surface area contributed by atoms with Gasteiger partial charge in [0.2, 0.25) is 11.7 Å². The second-order valence-corrected chi connectivity index (χ2v) is 6.14. The van der Waals surface area contributed by atoms with Crippen molar-refractivity contribution in [2.45, 2.75) is 23.6 Å². The molecular weight excluding hydrogens is 318 g/mol. The van der Waals surface area contributed by atoms with Crippen LogP contribution in [0.4, 0.5) is 0 Å². The van der Waals surface area contributed by atoms with E-state index in [0.29, 0.717) is 5.76 Å². The van der Waals surface area contributed by atoms with Crippen molar-refractivity contribution in [1.82, 2.24) is 5.32 Å². The molecule has 0 aliphatic heterocycles. The van der Waals surface area contributed by atoms with E-state index in [-0.39, 0.29) is 23.5 Å². The first kappa shape index (κ1) is 17.0. The molecule has 2 aromatic rings. The van der Waals surface area contributed by atoms with Gasteiger partial charge in [0.15, 0.2) is 0 Å². The Labute approximate surface area is 137 Å². The number of carboxylic acids is 1. The Morgan fingerprint density at radius 1 is 1.26 bits per heavy atom. The van der Waals surface area contributed by atoms with Crippen LogP contribution in [0.2, 0.25) is 0 Å². The molecule has 2 rings (SSSR count). The minimum absolute atomic E-state index is 0.144. The maximum absolute atomic E-state index is 12.1. The van der Waals surface area contributed by atoms with Gasteiger partial charge in [0, 0.05) is 4.90 Å². The van der Waals surface area contributed by atoms with Crippen LogP contribution in [0.25, 0.3) is 0 Å². The number of aromatic carboxylic acids is 1. The van der Waals surface area contributed by atoms with Crippen LogP contribution in [0.3, 0.4) is 0 Å². The Balaban J connectivity index is 1.85. The molecule has 7 heteroatoms. The van der Waals surface area contributed by atoms with Crippen LogP contribution in [-0.2, 0) is 11.3 Å². The van der Waals surface area contributed by atoms with Crippen molar-refractivity contribution in [1.29, 1.82) is 0 Å². The Kier molecular flexibility index (Phi) is 5.70. The van der Waals surface area contributed by atoms with E-state index in [4.69, 9.17) is 14.3 Å². The lowest BCUT2D eigenvalue weighted by atomic mass is 10.3. The smallest absolute Gasteiger partial charge is 0.371 e. The molecule has 0 fully saturated rings. The van der Waals surface area contributed by atoms with E-state index in [1.165, 1.54) is 23.9 Å². The molecule has 0 saturated heterocycles. The lowest BCUT2D eigenvalue weighted by Gasteiger charge is -2.11. The average Bonchev–Trinajstić information content (AvgIpc) is 3.02. The third-order valence-corrected chi connectivity index (χ3v) is 4.16. The zero-order valence-electron chi connectivity index (χ0n) is 12.7. The van der Waals surface area contributed by atoms with E-state index in [0.717, 1.165) is 10.6 Å². The predicted molar refractivity (Wildman–Crippen MR) is 85.8 cm³/mol. The summed E-state index contributed by atoms with van der Waals surface area (Å²) in [5.41, 5.74) is 0. The molecule has 2 N–H and O–H groups in total. The zero-order valence-corrected chi connectivity index (χ0v) is 13.6. The summed E-state index contributed by atoms with van der Waals surface area (Å²) in [6.45, 7) is 1.95. The third kappa shape index (κ3) is 4.79. The number of nitrogens with one attached hydrogen (secondary N) is 1. The highest BCUT2D eigenvalue weighted by Gasteiger charge is 2.15. The fraction of sp³-hybridized carbons (Fsp3) is 0.250. The van der Waals surface area contributed by atoms with Crippen molar-refractivity contribution in [3.05, 3.63) is 47.9 Å². The van der Waals surface area contributed by atoms with Crippen LogP contribution >= 0.6 is 11.8 Å². The number of carbonyl (C=O) groups is 2. The topological polar surface area (TPSA) is 88.8 Å². The van der Waals surface area contributed by atoms with Gasteiger partial charge in [-0.2, -0.15) is 0 Å². The molecule has 1 aromatic carbocycles. The van der Waals surface area contributed by atoms with E-state index in [2.05, 4.69) is 5.32 Å². The molecule has 6 nitrogen and oxygen atoms in total. The molecule has 1 heterocycles. The van der Waals surface area contributed by atoms with Gasteiger partial charge >= 0.3 is 5.97 Å². The summed E-state index contributed by atoms with van der Waals surface area (Å²) >= 11 is 1.42. The Bertz CT molecular complexity index is 680. The molecule has 23 heavy (non-hydrogen) atoms. The van der Waals surface area contributed by atoms with Gasteiger partial charge in [0.25, 0.3) is 0 Å². The number of methoxy groups -OCH3 is 1. The number of carboxylic acid groups (broad SMARTS) is 1. The van der Waals surface area contributed by atoms with Crippen molar-refractivity contribution in [2.75, 3.05) is 7.11 Å². The van der Waals surface area contributed by atoms with E-state index in [1.54, 1.807) is 14.0 Å². The van der Waals surface area contributed by atoms with Crippen molar-refractivity contribution >= 4 is 23.6 Å². The molecule has 1 amide bonds. The van der Waals surface area contributed by atoms with E-state index >= 15 is 0 Å². The molecule has 0 saturated carbocycles. The first-order valence-corrected chi connectivity index (χ1v) is 7.78. The standard InChI is InChI=1S/C16H17NO5S/c1-10(23-13-6-3-11(21-2)4-7-13)15(18)17-9-12-5-8-14(22-12)16(19)20/h3-8,10H,9H2,1-2H3,(H,17,18)(H,19,20). The minimum Gasteiger partial charge on any atom is -0.497 e. The van der Waals surface area contributed by atoms with E-state index in [1.807, 2.05) is 24.3 Å². The van der Waals surface area contributed by atoms with Gasteiger partial charge in [-0.3, -0.25) is 4.79 Å². The predicted octanol–water partition coefficient (Wildman–Crippen LogP) is 2.78. The maximum atomic E-state index is 12.1. The number of amides is 1. The van der Waals surface area contributed by atoms with Gasteiger partial charge in [0.1, 0.15) is 11.5 Å². The highest BCUT2D eigenvalue weighted by atomic mass is 32.2. The van der Waals surface area contributed by atoms with Crippen LogP contribution in [0.15, 0.2) is 45.7 Å². The normalized spacial score (nSPS) is 11.7.